The summed E-state index contributed by atoms with van der Waals surface area (Å²) in [5, 5.41) is 5.43. The first-order chi connectivity index (χ1) is 15.9. The van der Waals surface area contributed by atoms with Gasteiger partial charge in [-0.1, -0.05) is 6.07 Å². The summed E-state index contributed by atoms with van der Waals surface area (Å²) in [5.74, 6) is 0.581. The average molecular weight is 450 g/mol. The van der Waals surface area contributed by atoms with Gasteiger partial charge in [0.2, 0.25) is 5.75 Å². The number of carbonyl (C=O) groups is 2. The summed E-state index contributed by atoms with van der Waals surface area (Å²) in [4.78, 5) is 26.0. The van der Waals surface area contributed by atoms with Crippen molar-refractivity contribution < 1.29 is 28.2 Å². The van der Waals surface area contributed by atoms with E-state index in [4.69, 9.17) is 18.6 Å². The number of methoxy groups -OCH3 is 3. The van der Waals surface area contributed by atoms with Crippen LogP contribution < -0.4 is 24.8 Å². The number of carbonyl (C=O) groups excluding carboxylic acids is 2. The van der Waals surface area contributed by atoms with E-state index in [0.717, 1.165) is 11.1 Å². The van der Waals surface area contributed by atoms with E-state index in [1.54, 1.807) is 36.4 Å². The molecule has 0 aliphatic heterocycles. The van der Waals surface area contributed by atoms with Crippen molar-refractivity contribution in [2.75, 3.05) is 26.6 Å². The van der Waals surface area contributed by atoms with Crippen LogP contribution in [0, 0.1) is 13.8 Å². The van der Waals surface area contributed by atoms with Crippen LogP contribution in [0.4, 0.5) is 5.69 Å². The predicted octanol–water partition coefficient (Wildman–Crippen LogP) is 4.33. The number of hydrogen-bond acceptors (Lipinski definition) is 6. The molecular formula is C25H26N2O6. The van der Waals surface area contributed by atoms with Crippen LogP contribution in [-0.2, 0) is 4.79 Å². The minimum Gasteiger partial charge on any atom is -0.493 e. The molecule has 3 rings (SSSR count). The second-order valence-electron chi connectivity index (χ2n) is 7.19. The molecule has 1 heterocycles. The first-order valence-corrected chi connectivity index (χ1v) is 10.1. The molecule has 0 unspecified atom stereocenters. The Labute approximate surface area is 192 Å². The Bertz CT molecular complexity index is 1160. The zero-order valence-electron chi connectivity index (χ0n) is 19.1. The molecule has 0 fully saturated rings. The van der Waals surface area contributed by atoms with Gasteiger partial charge in [0.05, 0.1) is 27.6 Å². The summed E-state index contributed by atoms with van der Waals surface area (Å²) < 4.78 is 21.3. The highest BCUT2D eigenvalue weighted by Crippen LogP contribution is 2.40. The minimum atomic E-state index is -0.558. The van der Waals surface area contributed by atoms with E-state index in [9.17, 15) is 9.59 Å². The molecule has 33 heavy (non-hydrogen) atoms. The number of aryl methyl sites for hydroxylation is 2. The standard InChI is InChI=1S/C25H26N2O6/c1-15-8-9-17(11-16(15)2)24(28)27-20(14-19-7-6-10-33-19)25(29)26-18-12-21(30-3)23(32-5)22(13-18)31-4/h6-14H,1-5H3,(H,26,29)(H,27,28)/b20-14+. The van der Waals surface area contributed by atoms with Gasteiger partial charge in [-0.3, -0.25) is 9.59 Å². The molecule has 3 aromatic rings. The molecule has 8 nitrogen and oxygen atoms in total. The van der Waals surface area contributed by atoms with Crippen molar-refractivity contribution in [2.24, 2.45) is 0 Å². The Morgan fingerprint density at radius 2 is 1.61 bits per heavy atom. The molecule has 0 aliphatic rings. The maximum Gasteiger partial charge on any atom is 0.272 e. The van der Waals surface area contributed by atoms with Gasteiger partial charge in [-0.15, -0.1) is 0 Å². The van der Waals surface area contributed by atoms with Gasteiger partial charge in [-0.2, -0.15) is 0 Å². The Morgan fingerprint density at radius 1 is 0.909 bits per heavy atom. The number of furan rings is 1. The quantitative estimate of drug-likeness (QED) is 0.496. The van der Waals surface area contributed by atoms with Crippen LogP contribution in [0.15, 0.2) is 58.8 Å². The van der Waals surface area contributed by atoms with Crippen molar-refractivity contribution in [1.82, 2.24) is 5.32 Å². The van der Waals surface area contributed by atoms with Crippen LogP contribution in [0.3, 0.4) is 0 Å². The highest BCUT2D eigenvalue weighted by Gasteiger charge is 2.19. The van der Waals surface area contributed by atoms with Gasteiger partial charge in [0.25, 0.3) is 11.8 Å². The third-order valence-electron chi connectivity index (χ3n) is 5.01. The van der Waals surface area contributed by atoms with E-state index in [0.29, 0.717) is 34.3 Å². The second kappa shape index (κ2) is 10.4. The molecule has 0 atom stereocenters. The summed E-state index contributed by atoms with van der Waals surface area (Å²) in [6.07, 6.45) is 2.93. The molecule has 0 aliphatic carbocycles. The number of hydrogen-bond donors (Lipinski definition) is 2. The lowest BCUT2D eigenvalue weighted by Gasteiger charge is -2.15. The van der Waals surface area contributed by atoms with Crippen molar-refractivity contribution >= 4 is 23.6 Å². The monoisotopic (exact) mass is 450 g/mol. The fourth-order valence-corrected chi connectivity index (χ4v) is 3.10. The molecule has 8 heteroatoms. The smallest absolute Gasteiger partial charge is 0.272 e. The van der Waals surface area contributed by atoms with Crippen molar-refractivity contribution in [1.29, 1.82) is 0 Å². The zero-order chi connectivity index (χ0) is 24.0. The van der Waals surface area contributed by atoms with Crippen LogP contribution in [0.5, 0.6) is 17.2 Å². The Kier molecular flexibility index (Phi) is 7.40. The van der Waals surface area contributed by atoms with Crippen LogP contribution in [0.2, 0.25) is 0 Å². The summed E-state index contributed by atoms with van der Waals surface area (Å²) >= 11 is 0. The molecule has 0 saturated heterocycles. The second-order valence-corrected chi connectivity index (χ2v) is 7.19. The molecule has 172 valence electrons. The molecule has 0 saturated carbocycles. The fourth-order valence-electron chi connectivity index (χ4n) is 3.10. The minimum absolute atomic E-state index is 0.00179. The number of anilines is 1. The van der Waals surface area contributed by atoms with Crippen LogP contribution in [0.1, 0.15) is 27.2 Å². The summed E-state index contributed by atoms with van der Waals surface area (Å²) in [6.45, 7) is 3.88. The maximum atomic E-state index is 13.1. The van der Waals surface area contributed by atoms with Gasteiger partial charge in [-0.05, 0) is 49.2 Å². The van der Waals surface area contributed by atoms with E-state index < -0.39 is 11.8 Å². The number of benzene rings is 2. The summed E-state index contributed by atoms with van der Waals surface area (Å²) in [6, 6.07) is 11.9. The van der Waals surface area contributed by atoms with Crippen molar-refractivity contribution in [2.45, 2.75) is 13.8 Å². The first-order valence-electron chi connectivity index (χ1n) is 10.1. The fraction of sp³-hybridized carbons (Fsp3) is 0.200. The normalized spacial score (nSPS) is 11.0. The topological polar surface area (TPSA) is 99.0 Å². The van der Waals surface area contributed by atoms with Crippen molar-refractivity contribution in [3.05, 3.63) is 76.9 Å². The molecule has 2 amide bonds. The molecule has 2 N–H and O–H groups in total. The van der Waals surface area contributed by atoms with Crippen molar-refractivity contribution in [3.63, 3.8) is 0 Å². The van der Waals surface area contributed by atoms with Gasteiger partial charge in [0.15, 0.2) is 11.5 Å². The first kappa shape index (κ1) is 23.5. The van der Waals surface area contributed by atoms with Crippen LogP contribution in [-0.4, -0.2) is 33.1 Å². The SMILES string of the molecule is COc1cc(NC(=O)/C(=C\c2ccco2)NC(=O)c2ccc(C)c(C)c2)cc(OC)c1OC. The van der Waals surface area contributed by atoms with E-state index in [1.807, 2.05) is 19.9 Å². The number of rotatable bonds is 8. The van der Waals surface area contributed by atoms with Crippen molar-refractivity contribution in [3.8, 4) is 17.2 Å². The van der Waals surface area contributed by atoms with Gasteiger partial charge in [-0.25, -0.2) is 0 Å². The van der Waals surface area contributed by atoms with E-state index >= 15 is 0 Å². The van der Waals surface area contributed by atoms with E-state index in [-0.39, 0.29) is 5.70 Å². The van der Waals surface area contributed by atoms with E-state index in [2.05, 4.69) is 10.6 Å². The van der Waals surface area contributed by atoms with Crippen LogP contribution in [0.25, 0.3) is 6.08 Å². The highest BCUT2D eigenvalue weighted by atomic mass is 16.5. The van der Waals surface area contributed by atoms with Gasteiger partial charge in [0.1, 0.15) is 11.5 Å². The molecular weight excluding hydrogens is 424 g/mol. The van der Waals surface area contributed by atoms with Gasteiger partial charge >= 0.3 is 0 Å². The number of nitrogens with one attached hydrogen (secondary N) is 2. The van der Waals surface area contributed by atoms with Gasteiger partial charge in [0, 0.05) is 29.5 Å². The third kappa shape index (κ3) is 5.54. The summed E-state index contributed by atoms with van der Waals surface area (Å²) in [5.41, 5.74) is 2.87. The molecule has 0 radical (unpaired) electrons. The summed E-state index contributed by atoms with van der Waals surface area (Å²) in [7, 11) is 4.45. The lowest BCUT2D eigenvalue weighted by atomic mass is 10.1. The van der Waals surface area contributed by atoms with Crippen LogP contribution >= 0.6 is 0 Å². The number of ether oxygens (including phenoxy) is 3. The Balaban J connectivity index is 1.91. The highest BCUT2D eigenvalue weighted by molar-refractivity contribution is 6.10. The maximum absolute atomic E-state index is 13.1. The third-order valence-corrected chi connectivity index (χ3v) is 5.01. The molecule has 1 aromatic heterocycles. The molecule has 0 spiro atoms. The lowest BCUT2D eigenvalue weighted by molar-refractivity contribution is -0.113. The average Bonchev–Trinajstić information content (AvgIpc) is 3.32. The largest absolute Gasteiger partial charge is 0.493 e. The molecule has 2 aromatic carbocycles. The molecule has 0 bridgehead atoms. The van der Waals surface area contributed by atoms with Gasteiger partial charge < -0.3 is 29.3 Å². The Morgan fingerprint density at radius 3 is 2.15 bits per heavy atom. The Hall–Kier alpha value is -4.20. The van der Waals surface area contributed by atoms with E-state index in [1.165, 1.54) is 33.7 Å². The zero-order valence-corrected chi connectivity index (χ0v) is 19.1. The number of amides is 2. The lowest BCUT2D eigenvalue weighted by Crippen LogP contribution is -2.30. The predicted molar refractivity (Wildman–Crippen MR) is 125 cm³/mol.